The Labute approximate surface area is 125 Å². The Morgan fingerprint density at radius 2 is 2.00 bits per heavy atom. The molecule has 1 fully saturated rings. The van der Waals surface area contributed by atoms with Crippen molar-refractivity contribution in [2.75, 3.05) is 18.1 Å². The molecule has 1 heterocycles. The van der Waals surface area contributed by atoms with E-state index >= 15 is 0 Å². The Morgan fingerprint density at radius 3 is 2.61 bits per heavy atom. The standard InChI is InChI=1S/C13H18Br2N2O/c14-10-8-12(15)13(16-9-10)17(6-7-18)11-4-2-1-3-5-11/h8-9,11,18H,1-7H2. The van der Waals surface area contributed by atoms with E-state index in [0.29, 0.717) is 12.6 Å². The van der Waals surface area contributed by atoms with Gasteiger partial charge in [-0.2, -0.15) is 0 Å². The minimum atomic E-state index is 0.167. The van der Waals surface area contributed by atoms with Crippen molar-refractivity contribution in [3.63, 3.8) is 0 Å². The van der Waals surface area contributed by atoms with Crippen molar-refractivity contribution in [1.29, 1.82) is 0 Å². The Morgan fingerprint density at radius 1 is 1.28 bits per heavy atom. The molecule has 0 amide bonds. The molecule has 0 unspecified atom stereocenters. The van der Waals surface area contributed by atoms with Crippen molar-refractivity contribution >= 4 is 37.7 Å². The van der Waals surface area contributed by atoms with Crippen molar-refractivity contribution in [2.45, 2.75) is 38.1 Å². The fraction of sp³-hybridized carbons (Fsp3) is 0.615. The highest BCUT2D eigenvalue weighted by atomic mass is 79.9. The summed E-state index contributed by atoms with van der Waals surface area (Å²) in [6, 6.07) is 2.52. The third-order valence-electron chi connectivity index (χ3n) is 3.42. The highest BCUT2D eigenvalue weighted by molar-refractivity contribution is 9.11. The molecular formula is C13H18Br2N2O. The molecule has 5 heteroatoms. The van der Waals surface area contributed by atoms with Gasteiger partial charge >= 0.3 is 0 Å². The summed E-state index contributed by atoms with van der Waals surface area (Å²) in [6.45, 7) is 0.818. The molecule has 0 radical (unpaired) electrons. The topological polar surface area (TPSA) is 36.4 Å². The zero-order valence-corrected chi connectivity index (χ0v) is 13.5. The Hall–Kier alpha value is -0.130. The number of pyridine rings is 1. The molecule has 0 atom stereocenters. The van der Waals surface area contributed by atoms with E-state index in [1.807, 2.05) is 12.3 Å². The van der Waals surface area contributed by atoms with Crippen molar-refractivity contribution < 1.29 is 5.11 Å². The lowest BCUT2D eigenvalue weighted by molar-refractivity contribution is 0.289. The number of aliphatic hydroxyl groups is 1. The highest BCUT2D eigenvalue weighted by Gasteiger charge is 2.23. The molecule has 100 valence electrons. The lowest BCUT2D eigenvalue weighted by Gasteiger charge is -2.35. The minimum absolute atomic E-state index is 0.167. The Kier molecular flexibility index (Phi) is 5.45. The average Bonchev–Trinajstić information content (AvgIpc) is 2.38. The quantitative estimate of drug-likeness (QED) is 0.868. The van der Waals surface area contributed by atoms with Gasteiger partial charge in [0.2, 0.25) is 0 Å². The number of rotatable bonds is 4. The zero-order valence-electron chi connectivity index (χ0n) is 10.3. The summed E-state index contributed by atoms with van der Waals surface area (Å²) < 4.78 is 1.95. The van der Waals surface area contributed by atoms with Gasteiger partial charge in [-0.3, -0.25) is 0 Å². The maximum atomic E-state index is 9.28. The first-order valence-corrected chi connectivity index (χ1v) is 7.99. The summed E-state index contributed by atoms with van der Waals surface area (Å²) in [6.07, 6.45) is 8.10. The summed E-state index contributed by atoms with van der Waals surface area (Å²) in [5.74, 6) is 0.944. The molecule has 18 heavy (non-hydrogen) atoms. The highest BCUT2D eigenvalue weighted by Crippen LogP contribution is 2.31. The molecule has 1 N–H and O–H groups in total. The summed E-state index contributed by atoms with van der Waals surface area (Å²) >= 11 is 6.99. The zero-order chi connectivity index (χ0) is 13.0. The van der Waals surface area contributed by atoms with Crippen molar-refractivity contribution in [3.05, 3.63) is 21.2 Å². The van der Waals surface area contributed by atoms with Crippen LogP contribution in [0.15, 0.2) is 21.2 Å². The molecule has 1 aliphatic rings. The first kappa shape index (κ1) is 14.3. The molecule has 0 saturated heterocycles. The second-order valence-corrected chi connectivity index (χ2v) is 6.44. The number of halogens is 2. The van der Waals surface area contributed by atoms with Gasteiger partial charge in [0, 0.05) is 23.3 Å². The SMILES string of the molecule is OCCN(c1ncc(Br)cc1Br)C1CCCCC1. The molecule has 1 aliphatic carbocycles. The van der Waals surface area contributed by atoms with Crippen LogP contribution in [0.4, 0.5) is 5.82 Å². The molecule has 1 saturated carbocycles. The van der Waals surface area contributed by atoms with Gasteiger partial charge in [0.25, 0.3) is 0 Å². The Balaban J connectivity index is 2.22. The number of aliphatic hydroxyl groups excluding tert-OH is 1. The van der Waals surface area contributed by atoms with E-state index in [-0.39, 0.29) is 6.61 Å². The molecule has 3 nitrogen and oxygen atoms in total. The average molecular weight is 378 g/mol. The van der Waals surface area contributed by atoms with Gasteiger partial charge < -0.3 is 10.0 Å². The van der Waals surface area contributed by atoms with Crippen LogP contribution in [0, 0.1) is 0 Å². The van der Waals surface area contributed by atoms with Crippen LogP contribution < -0.4 is 4.90 Å². The fourth-order valence-corrected chi connectivity index (χ4v) is 3.80. The second-order valence-electron chi connectivity index (χ2n) is 4.67. The van der Waals surface area contributed by atoms with E-state index in [0.717, 1.165) is 14.8 Å². The minimum Gasteiger partial charge on any atom is -0.395 e. The molecule has 1 aromatic heterocycles. The van der Waals surface area contributed by atoms with Crippen LogP contribution in [0.1, 0.15) is 32.1 Å². The summed E-state index contributed by atoms with van der Waals surface area (Å²) in [4.78, 5) is 6.74. The molecule has 0 spiro atoms. The van der Waals surface area contributed by atoms with Gasteiger partial charge in [-0.1, -0.05) is 19.3 Å². The molecular weight excluding hydrogens is 360 g/mol. The van der Waals surface area contributed by atoms with E-state index in [1.54, 1.807) is 0 Å². The van der Waals surface area contributed by atoms with Crippen LogP contribution in [-0.2, 0) is 0 Å². The summed E-state index contributed by atoms with van der Waals surface area (Å²) in [7, 11) is 0. The third-order valence-corrected chi connectivity index (χ3v) is 4.43. The maximum Gasteiger partial charge on any atom is 0.143 e. The van der Waals surface area contributed by atoms with Crippen LogP contribution in [0.25, 0.3) is 0 Å². The van der Waals surface area contributed by atoms with Gasteiger partial charge in [-0.25, -0.2) is 4.98 Å². The van der Waals surface area contributed by atoms with Gasteiger partial charge in [0.05, 0.1) is 11.1 Å². The van der Waals surface area contributed by atoms with E-state index in [4.69, 9.17) is 0 Å². The van der Waals surface area contributed by atoms with Crippen LogP contribution in [0.5, 0.6) is 0 Å². The smallest absolute Gasteiger partial charge is 0.143 e. The number of hydrogen-bond acceptors (Lipinski definition) is 3. The second kappa shape index (κ2) is 6.87. The number of anilines is 1. The fourth-order valence-electron chi connectivity index (χ4n) is 2.58. The van der Waals surface area contributed by atoms with Crippen LogP contribution in [-0.4, -0.2) is 29.3 Å². The van der Waals surface area contributed by atoms with E-state index in [2.05, 4.69) is 41.7 Å². The summed E-state index contributed by atoms with van der Waals surface area (Å²) in [5.41, 5.74) is 0. The normalized spacial score (nSPS) is 16.8. The van der Waals surface area contributed by atoms with Crippen LogP contribution in [0.3, 0.4) is 0 Å². The molecule has 1 aromatic rings. The van der Waals surface area contributed by atoms with Crippen LogP contribution >= 0.6 is 31.9 Å². The number of hydrogen-bond donors (Lipinski definition) is 1. The van der Waals surface area contributed by atoms with Crippen molar-refractivity contribution in [2.24, 2.45) is 0 Å². The van der Waals surface area contributed by atoms with Gasteiger partial charge in [-0.05, 0) is 50.8 Å². The van der Waals surface area contributed by atoms with Gasteiger partial charge in [-0.15, -0.1) is 0 Å². The van der Waals surface area contributed by atoms with Crippen molar-refractivity contribution in [3.8, 4) is 0 Å². The maximum absolute atomic E-state index is 9.28. The van der Waals surface area contributed by atoms with E-state index in [9.17, 15) is 5.11 Å². The van der Waals surface area contributed by atoms with Gasteiger partial charge in [0.15, 0.2) is 0 Å². The summed E-state index contributed by atoms with van der Waals surface area (Å²) in [5, 5.41) is 9.28. The van der Waals surface area contributed by atoms with E-state index < -0.39 is 0 Å². The first-order chi connectivity index (χ1) is 8.72. The number of nitrogens with zero attached hydrogens (tertiary/aromatic N) is 2. The first-order valence-electron chi connectivity index (χ1n) is 6.41. The predicted molar refractivity (Wildman–Crippen MR) is 80.9 cm³/mol. The Bertz CT molecular complexity index is 395. The monoisotopic (exact) mass is 376 g/mol. The lowest BCUT2D eigenvalue weighted by Crippen LogP contribution is -2.39. The van der Waals surface area contributed by atoms with E-state index in [1.165, 1.54) is 32.1 Å². The van der Waals surface area contributed by atoms with Crippen LogP contribution in [0.2, 0.25) is 0 Å². The lowest BCUT2D eigenvalue weighted by atomic mass is 9.94. The predicted octanol–water partition coefficient (Wildman–Crippen LogP) is 3.74. The molecule has 0 bridgehead atoms. The third kappa shape index (κ3) is 3.45. The van der Waals surface area contributed by atoms with Gasteiger partial charge in [0.1, 0.15) is 5.82 Å². The molecule has 0 aromatic carbocycles. The number of aromatic nitrogens is 1. The van der Waals surface area contributed by atoms with Crippen molar-refractivity contribution in [1.82, 2.24) is 4.98 Å². The molecule has 0 aliphatic heterocycles. The molecule has 2 rings (SSSR count). The largest absolute Gasteiger partial charge is 0.395 e.